The first-order valence-corrected chi connectivity index (χ1v) is 8.23. The number of hydrogen-bond donors (Lipinski definition) is 1. The third-order valence-corrected chi connectivity index (χ3v) is 3.74. The number of rotatable bonds is 6. The van der Waals surface area contributed by atoms with Crippen molar-refractivity contribution in [2.24, 2.45) is 0 Å². The van der Waals surface area contributed by atoms with Crippen LogP contribution in [0.3, 0.4) is 0 Å². The molecule has 0 radical (unpaired) electrons. The highest BCUT2D eigenvalue weighted by Crippen LogP contribution is 2.14. The Balaban J connectivity index is 1.95. The fourth-order valence-electron chi connectivity index (χ4n) is 1.89. The molecule has 0 bridgehead atoms. The molecule has 1 amide bonds. The number of ether oxygens (including phenoxy) is 1. The molecule has 0 aliphatic rings. The van der Waals surface area contributed by atoms with E-state index < -0.39 is 0 Å². The lowest BCUT2D eigenvalue weighted by Gasteiger charge is -2.07. The molecule has 0 spiro atoms. The molecule has 1 N–H and O–H groups in total. The van der Waals surface area contributed by atoms with Crippen LogP contribution in [0.5, 0.6) is 0 Å². The molecule has 2 aromatic carbocycles. The Hall–Kier alpha value is -2.14. The Kier molecular flexibility index (Phi) is 6.35. The van der Waals surface area contributed by atoms with Crippen LogP contribution in [0.4, 0.5) is 5.69 Å². The third kappa shape index (κ3) is 5.21. The lowest BCUT2D eigenvalue weighted by molar-refractivity contribution is 0.0499. The molecule has 23 heavy (non-hydrogen) atoms. The zero-order chi connectivity index (χ0) is 16.7. The van der Waals surface area contributed by atoms with Crippen LogP contribution in [-0.4, -0.2) is 18.5 Å². The predicted molar refractivity (Wildman–Crippen MR) is 93.7 cm³/mol. The van der Waals surface area contributed by atoms with Crippen molar-refractivity contribution in [1.29, 1.82) is 0 Å². The molecule has 0 aromatic heterocycles. The molecule has 0 heterocycles. The van der Waals surface area contributed by atoms with Gasteiger partial charge in [0.2, 0.25) is 0 Å². The molecule has 0 aliphatic heterocycles. The van der Waals surface area contributed by atoms with Crippen LogP contribution in [0.15, 0.2) is 53.0 Å². The van der Waals surface area contributed by atoms with E-state index in [2.05, 4.69) is 21.2 Å². The molecule has 0 atom stereocenters. The van der Waals surface area contributed by atoms with E-state index in [0.29, 0.717) is 23.4 Å². The molecule has 0 saturated carbocycles. The van der Waals surface area contributed by atoms with E-state index in [1.165, 1.54) is 0 Å². The normalized spacial score (nSPS) is 10.2. The summed E-state index contributed by atoms with van der Waals surface area (Å²) < 4.78 is 6.06. The van der Waals surface area contributed by atoms with Gasteiger partial charge in [0.25, 0.3) is 5.91 Å². The fourth-order valence-corrected chi connectivity index (χ4v) is 2.15. The minimum Gasteiger partial charge on any atom is -0.462 e. The van der Waals surface area contributed by atoms with Gasteiger partial charge >= 0.3 is 5.97 Å². The summed E-state index contributed by atoms with van der Waals surface area (Å²) in [4.78, 5) is 23.9. The van der Waals surface area contributed by atoms with Gasteiger partial charge in [-0.15, -0.1) is 0 Å². The van der Waals surface area contributed by atoms with Gasteiger partial charge in [-0.2, -0.15) is 0 Å². The second-order valence-electron chi connectivity index (χ2n) is 5.03. The predicted octanol–water partition coefficient (Wildman–Crippen LogP) is 4.66. The van der Waals surface area contributed by atoms with Gasteiger partial charge in [-0.3, -0.25) is 4.79 Å². The molecular weight excluding hydrogens is 358 g/mol. The smallest absolute Gasteiger partial charge is 0.338 e. The monoisotopic (exact) mass is 375 g/mol. The lowest BCUT2D eigenvalue weighted by Crippen LogP contribution is -2.12. The Bertz CT molecular complexity index is 666. The average molecular weight is 376 g/mol. The second kappa shape index (κ2) is 8.48. The van der Waals surface area contributed by atoms with Crippen LogP contribution in [0, 0.1) is 0 Å². The zero-order valence-electron chi connectivity index (χ0n) is 12.8. The molecule has 2 rings (SSSR count). The molecule has 5 heteroatoms. The maximum Gasteiger partial charge on any atom is 0.338 e. The van der Waals surface area contributed by atoms with Crippen molar-refractivity contribution in [3.8, 4) is 0 Å². The van der Waals surface area contributed by atoms with Gasteiger partial charge in [-0.1, -0.05) is 29.3 Å². The van der Waals surface area contributed by atoms with Crippen molar-refractivity contribution in [3.63, 3.8) is 0 Å². The van der Waals surface area contributed by atoms with Crippen molar-refractivity contribution in [2.45, 2.75) is 19.8 Å². The topological polar surface area (TPSA) is 55.4 Å². The first kappa shape index (κ1) is 17.2. The SMILES string of the molecule is CCCCOC(=O)c1ccc(NC(=O)c2ccc(Br)cc2)cc1. The Morgan fingerprint density at radius 1 is 1.00 bits per heavy atom. The number of hydrogen-bond acceptors (Lipinski definition) is 3. The summed E-state index contributed by atoms with van der Waals surface area (Å²) in [6.45, 7) is 2.47. The number of halogens is 1. The number of amides is 1. The lowest BCUT2D eigenvalue weighted by atomic mass is 10.2. The van der Waals surface area contributed by atoms with Gasteiger partial charge in [0.1, 0.15) is 0 Å². The molecule has 0 aliphatic carbocycles. The number of benzene rings is 2. The van der Waals surface area contributed by atoms with Crippen LogP contribution in [0.2, 0.25) is 0 Å². The Morgan fingerprint density at radius 2 is 1.61 bits per heavy atom. The summed E-state index contributed by atoms with van der Waals surface area (Å²) in [6, 6.07) is 13.8. The number of carbonyl (C=O) groups excluding carboxylic acids is 2. The molecule has 0 saturated heterocycles. The number of esters is 1. The van der Waals surface area contributed by atoms with Crippen LogP contribution >= 0.6 is 15.9 Å². The molecular formula is C18H18BrNO3. The molecule has 4 nitrogen and oxygen atoms in total. The van der Waals surface area contributed by atoms with E-state index in [-0.39, 0.29) is 11.9 Å². The minimum absolute atomic E-state index is 0.198. The quantitative estimate of drug-likeness (QED) is 0.589. The standard InChI is InChI=1S/C18H18BrNO3/c1-2-3-12-23-18(22)14-6-10-16(11-7-14)20-17(21)13-4-8-15(19)9-5-13/h4-11H,2-3,12H2,1H3,(H,20,21). The highest BCUT2D eigenvalue weighted by molar-refractivity contribution is 9.10. The van der Waals surface area contributed by atoms with Crippen LogP contribution in [0.25, 0.3) is 0 Å². The molecule has 0 fully saturated rings. The highest BCUT2D eigenvalue weighted by Gasteiger charge is 2.09. The van der Waals surface area contributed by atoms with Crippen molar-refractivity contribution >= 4 is 33.5 Å². The molecule has 0 unspecified atom stereocenters. The highest BCUT2D eigenvalue weighted by atomic mass is 79.9. The zero-order valence-corrected chi connectivity index (χ0v) is 14.4. The van der Waals surface area contributed by atoms with Crippen molar-refractivity contribution in [2.75, 3.05) is 11.9 Å². The Morgan fingerprint density at radius 3 is 2.22 bits per heavy atom. The minimum atomic E-state index is -0.343. The molecule has 120 valence electrons. The Labute approximate surface area is 144 Å². The molecule has 2 aromatic rings. The second-order valence-corrected chi connectivity index (χ2v) is 5.94. The number of carbonyl (C=O) groups is 2. The number of unbranched alkanes of at least 4 members (excludes halogenated alkanes) is 1. The van der Waals surface area contributed by atoms with E-state index in [1.54, 1.807) is 36.4 Å². The number of anilines is 1. The summed E-state index contributed by atoms with van der Waals surface area (Å²) in [5, 5.41) is 2.79. The van der Waals surface area contributed by atoms with E-state index in [4.69, 9.17) is 4.74 Å². The van der Waals surface area contributed by atoms with Crippen molar-refractivity contribution < 1.29 is 14.3 Å². The average Bonchev–Trinajstić information content (AvgIpc) is 2.56. The van der Waals surface area contributed by atoms with Gasteiger partial charge in [0.05, 0.1) is 12.2 Å². The van der Waals surface area contributed by atoms with Crippen molar-refractivity contribution in [3.05, 3.63) is 64.1 Å². The summed E-state index contributed by atoms with van der Waals surface area (Å²) in [5.41, 5.74) is 1.67. The van der Waals surface area contributed by atoms with Gasteiger partial charge in [0.15, 0.2) is 0 Å². The first-order chi connectivity index (χ1) is 11.1. The summed E-state index contributed by atoms with van der Waals surface area (Å²) in [5.74, 6) is -0.542. The number of nitrogens with one attached hydrogen (secondary N) is 1. The summed E-state index contributed by atoms with van der Waals surface area (Å²) in [6.07, 6.45) is 1.83. The van der Waals surface area contributed by atoms with Gasteiger partial charge in [-0.25, -0.2) is 4.79 Å². The third-order valence-electron chi connectivity index (χ3n) is 3.22. The maximum absolute atomic E-state index is 12.1. The van der Waals surface area contributed by atoms with Crippen LogP contribution < -0.4 is 5.32 Å². The van der Waals surface area contributed by atoms with Gasteiger partial charge < -0.3 is 10.1 Å². The van der Waals surface area contributed by atoms with E-state index in [0.717, 1.165) is 17.3 Å². The van der Waals surface area contributed by atoms with Gasteiger partial charge in [-0.05, 0) is 55.0 Å². The fraction of sp³-hybridized carbons (Fsp3) is 0.222. The van der Waals surface area contributed by atoms with E-state index >= 15 is 0 Å². The maximum atomic E-state index is 12.1. The van der Waals surface area contributed by atoms with E-state index in [1.807, 2.05) is 19.1 Å². The van der Waals surface area contributed by atoms with Crippen LogP contribution in [-0.2, 0) is 4.74 Å². The van der Waals surface area contributed by atoms with Crippen molar-refractivity contribution in [1.82, 2.24) is 0 Å². The van der Waals surface area contributed by atoms with Crippen LogP contribution in [0.1, 0.15) is 40.5 Å². The van der Waals surface area contributed by atoms with E-state index in [9.17, 15) is 9.59 Å². The first-order valence-electron chi connectivity index (χ1n) is 7.44. The summed E-state index contributed by atoms with van der Waals surface area (Å²) in [7, 11) is 0. The largest absolute Gasteiger partial charge is 0.462 e. The summed E-state index contributed by atoms with van der Waals surface area (Å²) >= 11 is 3.33. The van der Waals surface area contributed by atoms with Gasteiger partial charge in [0, 0.05) is 15.7 Å².